The van der Waals surface area contributed by atoms with E-state index in [-0.39, 0.29) is 18.6 Å². The van der Waals surface area contributed by atoms with Crippen LogP contribution in [0.1, 0.15) is 35.4 Å². The third-order valence-electron chi connectivity index (χ3n) is 7.37. The number of ether oxygens (including phenoxy) is 2. The lowest BCUT2D eigenvalue weighted by atomic mass is 9.75. The van der Waals surface area contributed by atoms with Crippen molar-refractivity contribution < 1.29 is 14.6 Å². The molecule has 1 saturated carbocycles. The highest BCUT2D eigenvalue weighted by Gasteiger charge is 2.46. The molecule has 0 amide bonds. The van der Waals surface area contributed by atoms with Gasteiger partial charge in [0.15, 0.2) is 0 Å². The molecular formula is C27H30O3. The maximum absolute atomic E-state index is 10.2. The van der Waals surface area contributed by atoms with Gasteiger partial charge in [-0.1, -0.05) is 54.6 Å². The van der Waals surface area contributed by atoms with Gasteiger partial charge in [-0.25, -0.2) is 0 Å². The maximum Gasteiger partial charge on any atom is 0.122 e. The Morgan fingerprint density at radius 2 is 1.90 bits per heavy atom. The summed E-state index contributed by atoms with van der Waals surface area (Å²) in [4.78, 5) is 0. The van der Waals surface area contributed by atoms with E-state index < -0.39 is 0 Å². The summed E-state index contributed by atoms with van der Waals surface area (Å²) in [7, 11) is 1.75. The standard InChI is InChI=1S/C27H30O3/c1-29-26-9-5-8-21-13-23-22(14-24(21)26)15-27(25(23)16-28)30-17-18-10-11-20(12-18)19-6-3-2-4-7-19/h2-11,17,20,22-23,25,27-28H,12-16H2,1H3/b18-17-/t20?,22-,23-,25+,27+/m0/s1. The predicted octanol–water partition coefficient (Wildman–Crippen LogP) is 5.05. The van der Waals surface area contributed by atoms with Crippen LogP contribution in [0.2, 0.25) is 0 Å². The fourth-order valence-electron chi connectivity index (χ4n) is 5.80. The van der Waals surface area contributed by atoms with Crippen LogP contribution in [0.5, 0.6) is 5.75 Å². The highest BCUT2D eigenvalue weighted by atomic mass is 16.5. The van der Waals surface area contributed by atoms with Gasteiger partial charge in [-0.3, -0.25) is 0 Å². The average Bonchev–Trinajstić information content (AvgIpc) is 3.40. The zero-order chi connectivity index (χ0) is 20.5. The van der Waals surface area contributed by atoms with Crippen LogP contribution in [0, 0.1) is 17.8 Å². The number of hydrogen-bond donors (Lipinski definition) is 1. The van der Waals surface area contributed by atoms with Crippen molar-refractivity contribution in [1.82, 2.24) is 0 Å². The normalized spacial score (nSPS) is 30.9. The number of benzene rings is 2. The smallest absolute Gasteiger partial charge is 0.122 e. The Kier molecular flexibility index (Phi) is 5.39. The topological polar surface area (TPSA) is 38.7 Å². The Hall–Kier alpha value is -2.52. The SMILES string of the molecule is COc1cccc2c1C[C@H]1C[C@@H](O/C=C3/C=CC(c4ccccc4)C3)[C@H](CO)[C@H]1C2. The lowest BCUT2D eigenvalue weighted by Crippen LogP contribution is -2.29. The number of methoxy groups -OCH3 is 1. The van der Waals surface area contributed by atoms with Crippen LogP contribution in [-0.4, -0.2) is 24.9 Å². The van der Waals surface area contributed by atoms with Crippen molar-refractivity contribution in [3.8, 4) is 5.75 Å². The van der Waals surface area contributed by atoms with Crippen molar-refractivity contribution in [3.63, 3.8) is 0 Å². The molecule has 1 unspecified atom stereocenters. The minimum absolute atomic E-state index is 0.0852. The molecule has 3 heteroatoms. The second-order valence-corrected chi connectivity index (χ2v) is 8.96. The first-order valence-corrected chi connectivity index (χ1v) is 11.1. The van der Waals surface area contributed by atoms with Gasteiger partial charge in [-0.2, -0.15) is 0 Å². The molecule has 3 aliphatic carbocycles. The molecule has 0 spiro atoms. The molecule has 5 atom stereocenters. The summed E-state index contributed by atoms with van der Waals surface area (Å²) in [6.07, 6.45) is 10.5. The number of rotatable bonds is 5. The number of hydrogen-bond acceptors (Lipinski definition) is 3. The molecule has 1 fully saturated rings. The molecule has 5 rings (SSSR count). The molecule has 2 aromatic carbocycles. The van der Waals surface area contributed by atoms with E-state index in [2.05, 4.69) is 60.7 Å². The fraction of sp³-hybridized carbons (Fsp3) is 0.407. The molecule has 30 heavy (non-hydrogen) atoms. The van der Waals surface area contributed by atoms with Crippen LogP contribution in [0.3, 0.4) is 0 Å². The third kappa shape index (κ3) is 3.56. The molecule has 1 N–H and O–H groups in total. The second-order valence-electron chi connectivity index (χ2n) is 8.96. The van der Waals surface area contributed by atoms with Crippen LogP contribution < -0.4 is 4.74 Å². The highest BCUT2D eigenvalue weighted by molar-refractivity contribution is 5.43. The Bertz CT molecular complexity index is 946. The van der Waals surface area contributed by atoms with Crippen LogP contribution in [0.4, 0.5) is 0 Å². The van der Waals surface area contributed by atoms with Crippen molar-refractivity contribution in [2.45, 2.75) is 37.7 Å². The summed E-state index contributed by atoms with van der Waals surface area (Å²) >= 11 is 0. The van der Waals surface area contributed by atoms with Crippen LogP contribution in [0.15, 0.2) is 72.5 Å². The monoisotopic (exact) mass is 402 g/mol. The molecule has 156 valence electrons. The quantitative estimate of drug-likeness (QED) is 0.711. The highest BCUT2D eigenvalue weighted by Crippen LogP contribution is 2.48. The van der Waals surface area contributed by atoms with Gasteiger partial charge in [-0.15, -0.1) is 0 Å². The first kappa shape index (κ1) is 19.4. The lowest BCUT2D eigenvalue weighted by molar-refractivity contribution is 0.0563. The molecule has 0 radical (unpaired) electrons. The van der Waals surface area contributed by atoms with Crippen molar-refractivity contribution in [1.29, 1.82) is 0 Å². The zero-order valence-corrected chi connectivity index (χ0v) is 17.5. The van der Waals surface area contributed by atoms with Crippen molar-refractivity contribution in [2.24, 2.45) is 17.8 Å². The summed E-state index contributed by atoms with van der Waals surface area (Å²) in [6, 6.07) is 17.0. The van der Waals surface area contributed by atoms with Crippen molar-refractivity contribution in [2.75, 3.05) is 13.7 Å². The largest absolute Gasteiger partial charge is 0.497 e. The minimum atomic E-state index is 0.0852. The first-order valence-electron chi connectivity index (χ1n) is 11.1. The molecule has 3 aliphatic rings. The molecule has 2 aromatic rings. The summed E-state index contributed by atoms with van der Waals surface area (Å²) in [6.45, 7) is 0.191. The number of aliphatic hydroxyl groups excluding tert-OH is 1. The summed E-state index contributed by atoms with van der Waals surface area (Å²) in [5.74, 6) is 2.66. The molecule has 0 aliphatic heterocycles. The zero-order valence-electron chi connectivity index (χ0n) is 17.5. The minimum Gasteiger partial charge on any atom is -0.497 e. The molecule has 0 heterocycles. The lowest BCUT2D eigenvalue weighted by Gasteiger charge is -2.31. The Morgan fingerprint density at radius 3 is 2.70 bits per heavy atom. The van der Waals surface area contributed by atoms with Gasteiger partial charge >= 0.3 is 0 Å². The van der Waals surface area contributed by atoms with Gasteiger partial charge in [0.05, 0.1) is 13.4 Å². The van der Waals surface area contributed by atoms with E-state index in [1.54, 1.807) is 7.11 Å². The summed E-state index contributed by atoms with van der Waals surface area (Å²) in [5, 5.41) is 10.2. The van der Waals surface area contributed by atoms with Crippen LogP contribution >= 0.6 is 0 Å². The van der Waals surface area contributed by atoms with Gasteiger partial charge in [0.1, 0.15) is 11.9 Å². The van der Waals surface area contributed by atoms with Crippen LogP contribution in [0.25, 0.3) is 0 Å². The Labute approximate surface area is 179 Å². The number of fused-ring (bicyclic) bond motifs is 2. The van der Waals surface area contributed by atoms with E-state index in [1.807, 2.05) is 6.26 Å². The van der Waals surface area contributed by atoms with Gasteiger partial charge in [-0.05, 0) is 65.8 Å². The fourth-order valence-corrected chi connectivity index (χ4v) is 5.80. The van der Waals surface area contributed by atoms with Crippen molar-refractivity contribution >= 4 is 0 Å². The third-order valence-corrected chi connectivity index (χ3v) is 7.37. The van der Waals surface area contributed by atoms with Crippen molar-refractivity contribution in [3.05, 3.63) is 89.2 Å². The van der Waals surface area contributed by atoms with Gasteiger partial charge in [0, 0.05) is 18.4 Å². The second kappa shape index (κ2) is 8.31. The predicted molar refractivity (Wildman–Crippen MR) is 118 cm³/mol. The van der Waals surface area contributed by atoms with Gasteiger partial charge in [0.2, 0.25) is 0 Å². The average molecular weight is 403 g/mol. The van der Waals surface area contributed by atoms with Gasteiger partial charge in [0.25, 0.3) is 0 Å². The number of aliphatic hydroxyl groups is 1. The van der Waals surface area contributed by atoms with E-state index in [0.29, 0.717) is 17.8 Å². The number of allylic oxidation sites excluding steroid dienone is 3. The molecule has 0 saturated heterocycles. The summed E-state index contributed by atoms with van der Waals surface area (Å²) < 4.78 is 11.9. The molecule has 0 aromatic heterocycles. The van der Waals surface area contributed by atoms with E-state index in [9.17, 15) is 5.11 Å². The first-order chi connectivity index (χ1) is 14.8. The molecular weight excluding hydrogens is 372 g/mol. The van der Waals surface area contributed by atoms with E-state index in [4.69, 9.17) is 9.47 Å². The Balaban J connectivity index is 1.27. The van der Waals surface area contributed by atoms with E-state index in [1.165, 1.54) is 22.3 Å². The Morgan fingerprint density at radius 1 is 1.03 bits per heavy atom. The molecule has 3 nitrogen and oxygen atoms in total. The van der Waals surface area contributed by atoms with Crippen LogP contribution in [-0.2, 0) is 17.6 Å². The maximum atomic E-state index is 10.2. The van der Waals surface area contributed by atoms with Gasteiger partial charge < -0.3 is 14.6 Å². The summed E-state index contributed by atoms with van der Waals surface area (Å²) in [5.41, 5.74) is 5.31. The van der Waals surface area contributed by atoms with E-state index >= 15 is 0 Å². The van der Waals surface area contributed by atoms with E-state index in [0.717, 1.165) is 31.4 Å². The molecule has 0 bridgehead atoms.